The molecule has 0 aromatic carbocycles. The highest BCUT2D eigenvalue weighted by atomic mass is 16.5. The quantitative estimate of drug-likeness (QED) is 0.570. The lowest BCUT2D eigenvalue weighted by molar-refractivity contribution is -0.165. The summed E-state index contributed by atoms with van der Waals surface area (Å²) < 4.78 is 14.5. The molecular formula is C16H26O6. The Morgan fingerprint density at radius 3 is 2.14 bits per heavy atom. The van der Waals surface area contributed by atoms with Crippen molar-refractivity contribution in [2.45, 2.75) is 39.5 Å². The third kappa shape index (κ3) is 3.78. The summed E-state index contributed by atoms with van der Waals surface area (Å²) in [5.41, 5.74) is -0.817. The molecule has 0 bridgehead atoms. The van der Waals surface area contributed by atoms with Crippen molar-refractivity contribution in [3.05, 3.63) is 0 Å². The first kappa shape index (κ1) is 18.5. The molecule has 1 aliphatic rings. The first-order valence-corrected chi connectivity index (χ1v) is 7.52. The zero-order valence-corrected chi connectivity index (χ0v) is 14.0. The molecule has 1 rings (SSSR count). The van der Waals surface area contributed by atoms with Crippen LogP contribution in [0.4, 0.5) is 0 Å². The van der Waals surface area contributed by atoms with Crippen LogP contribution in [0.5, 0.6) is 0 Å². The zero-order valence-electron chi connectivity index (χ0n) is 14.0. The van der Waals surface area contributed by atoms with Gasteiger partial charge in [-0.05, 0) is 38.5 Å². The summed E-state index contributed by atoms with van der Waals surface area (Å²) in [6.45, 7) is 3.56. The van der Waals surface area contributed by atoms with Crippen LogP contribution in [-0.4, -0.2) is 39.2 Å². The number of rotatable bonds is 5. The number of carbonyl (C=O) groups is 3. The summed E-state index contributed by atoms with van der Waals surface area (Å²) in [7, 11) is 3.99. The molecule has 3 atom stereocenters. The van der Waals surface area contributed by atoms with Gasteiger partial charge < -0.3 is 14.2 Å². The van der Waals surface area contributed by atoms with Gasteiger partial charge in [0.15, 0.2) is 0 Å². The van der Waals surface area contributed by atoms with Crippen LogP contribution in [0, 0.1) is 23.2 Å². The predicted octanol–water partition coefficient (Wildman–Crippen LogP) is 1.95. The summed E-state index contributed by atoms with van der Waals surface area (Å²) in [5.74, 6) is -2.00. The fraction of sp³-hybridized carbons (Fsp3) is 0.812. The highest BCUT2D eigenvalue weighted by molar-refractivity contribution is 5.80. The minimum atomic E-state index is -0.817. The third-order valence-electron chi connectivity index (χ3n) is 4.80. The van der Waals surface area contributed by atoms with Gasteiger partial charge in [0.05, 0.1) is 32.7 Å². The van der Waals surface area contributed by atoms with E-state index in [1.165, 1.54) is 21.3 Å². The predicted molar refractivity (Wildman–Crippen MR) is 78.8 cm³/mol. The first-order chi connectivity index (χ1) is 10.3. The van der Waals surface area contributed by atoms with Gasteiger partial charge in [0, 0.05) is 6.42 Å². The topological polar surface area (TPSA) is 78.9 Å². The van der Waals surface area contributed by atoms with Crippen molar-refractivity contribution in [1.29, 1.82) is 0 Å². The van der Waals surface area contributed by atoms with Crippen molar-refractivity contribution < 1.29 is 28.6 Å². The first-order valence-electron chi connectivity index (χ1n) is 7.52. The van der Waals surface area contributed by atoms with Gasteiger partial charge in [-0.2, -0.15) is 0 Å². The standard InChI is InChI=1S/C16H26O6/c1-16(2,15(19)22-5)11-8-6-7-10(9-12(17)20-3)13(11)14(18)21-4/h10-11,13H,6-9H2,1-5H3/t10-,11-,13-/m0/s1. The van der Waals surface area contributed by atoms with E-state index in [0.29, 0.717) is 0 Å². The molecule has 0 aliphatic heterocycles. The van der Waals surface area contributed by atoms with E-state index in [9.17, 15) is 14.4 Å². The maximum absolute atomic E-state index is 12.3. The zero-order chi connectivity index (χ0) is 16.9. The Morgan fingerprint density at radius 2 is 1.64 bits per heavy atom. The molecule has 0 aromatic rings. The van der Waals surface area contributed by atoms with Gasteiger partial charge in [0.1, 0.15) is 0 Å². The number of methoxy groups -OCH3 is 3. The van der Waals surface area contributed by atoms with Crippen molar-refractivity contribution in [2.24, 2.45) is 23.2 Å². The Balaban J connectivity index is 3.10. The maximum atomic E-state index is 12.3. The molecule has 0 amide bonds. The van der Waals surface area contributed by atoms with E-state index in [4.69, 9.17) is 14.2 Å². The van der Waals surface area contributed by atoms with E-state index in [1.54, 1.807) is 13.8 Å². The Bertz CT molecular complexity index is 428. The van der Waals surface area contributed by atoms with Gasteiger partial charge in [-0.25, -0.2) is 0 Å². The fourth-order valence-electron chi connectivity index (χ4n) is 3.53. The second-order valence-corrected chi connectivity index (χ2v) is 6.34. The van der Waals surface area contributed by atoms with Gasteiger partial charge in [0.25, 0.3) is 0 Å². The fourth-order valence-corrected chi connectivity index (χ4v) is 3.53. The van der Waals surface area contributed by atoms with Crippen LogP contribution < -0.4 is 0 Å². The van der Waals surface area contributed by atoms with Gasteiger partial charge in [-0.3, -0.25) is 14.4 Å². The molecule has 0 heterocycles. The molecular weight excluding hydrogens is 288 g/mol. The van der Waals surface area contributed by atoms with Gasteiger partial charge in [0.2, 0.25) is 0 Å². The maximum Gasteiger partial charge on any atom is 0.311 e. The molecule has 0 unspecified atom stereocenters. The van der Waals surface area contributed by atoms with Gasteiger partial charge >= 0.3 is 17.9 Å². The molecule has 1 saturated carbocycles. The number of hydrogen-bond acceptors (Lipinski definition) is 6. The molecule has 0 spiro atoms. The largest absolute Gasteiger partial charge is 0.469 e. The summed E-state index contributed by atoms with van der Waals surface area (Å²) >= 11 is 0. The minimum Gasteiger partial charge on any atom is -0.469 e. The van der Waals surface area contributed by atoms with E-state index in [2.05, 4.69) is 0 Å². The lowest BCUT2D eigenvalue weighted by atomic mass is 9.61. The van der Waals surface area contributed by atoms with Crippen LogP contribution in [0.15, 0.2) is 0 Å². The Hall–Kier alpha value is -1.59. The van der Waals surface area contributed by atoms with Crippen molar-refractivity contribution in [3.8, 4) is 0 Å². The number of esters is 3. The van der Waals surface area contributed by atoms with E-state index >= 15 is 0 Å². The van der Waals surface area contributed by atoms with Gasteiger partial charge in [-0.15, -0.1) is 0 Å². The van der Waals surface area contributed by atoms with E-state index in [1.807, 2.05) is 0 Å². The molecule has 0 saturated heterocycles. The molecule has 0 N–H and O–H groups in total. The van der Waals surface area contributed by atoms with E-state index in [-0.39, 0.29) is 36.2 Å². The van der Waals surface area contributed by atoms with E-state index < -0.39 is 11.3 Å². The lowest BCUT2D eigenvalue weighted by Gasteiger charge is -2.42. The molecule has 126 valence electrons. The summed E-state index contributed by atoms with van der Waals surface area (Å²) in [5, 5.41) is 0. The van der Waals surface area contributed by atoms with Crippen LogP contribution in [0.25, 0.3) is 0 Å². The lowest BCUT2D eigenvalue weighted by Crippen LogP contribution is -2.46. The Kier molecular flexibility index (Phi) is 6.38. The summed E-state index contributed by atoms with van der Waals surface area (Å²) in [4.78, 5) is 36.0. The van der Waals surface area contributed by atoms with Crippen molar-refractivity contribution in [3.63, 3.8) is 0 Å². The average Bonchev–Trinajstić information content (AvgIpc) is 2.52. The van der Waals surface area contributed by atoms with Crippen molar-refractivity contribution >= 4 is 17.9 Å². The molecule has 6 heteroatoms. The smallest absolute Gasteiger partial charge is 0.311 e. The number of ether oxygens (including phenoxy) is 3. The molecule has 0 radical (unpaired) electrons. The van der Waals surface area contributed by atoms with Crippen molar-refractivity contribution in [1.82, 2.24) is 0 Å². The molecule has 1 fully saturated rings. The van der Waals surface area contributed by atoms with Crippen LogP contribution in [-0.2, 0) is 28.6 Å². The second-order valence-electron chi connectivity index (χ2n) is 6.34. The molecule has 22 heavy (non-hydrogen) atoms. The normalized spacial score (nSPS) is 25.2. The average molecular weight is 314 g/mol. The van der Waals surface area contributed by atoms with Gasteiger partial charge in [-0.1, -0.05) is 6.42 Å². The monoisotopic (exact) mass is 314 g/mol. The van der Waals surface area contributed by atoms with Crippen LogP contribution in [0.3, 0.4) is 0 Å². The minimum absolute atomic E-state index is 0.157. The number of carbonyl (C=O) groups excluding carboxylic acids is 3. The van der Waals surface area contributed by atoms with Crippen LogP contribution in [0.1, 0.15) is 39.5 Å². The number of hydrogen-bond donors (Lipinski definition) is 0. The van der Waals surface area contributed by atoms with E-state index in [0.717, 1.165) is 19.3 Å². The highest BCUT2D eigenvalue weighted by Crippen LogP contribution is 2.47. The Labute approximate surface area is 131 Å². The third-order valence-corrected chi connectivity index (χ3v) is 4.80. The summed E-state index contributed by atoms with van der Waals surface area (Å²) in [6, 6.07) is 0. The Morgan fingerprint density at radius 1 is 1.00 bits per heavy atom. The summed E-state index contributed by atoms with van der Waals surface area (Å²) in [6.07, 6.45) is 2.46. The second kappa shape index (κ2) is 7.61. The molecule has 1 aliphatic carbocycles. The van der Waals surface area contributed by atoms with Crippen LogP contribution in [0.2, 0.25) is 0 Å². The molecule has 6 nitrogen and oxygen atoms in total. The SMILES string of the molecule is COC(=O)C[C@@H]1CCC[C@H](C(C)(C)C(=O)OC)[C@H]1C(=O)OC. The molecule has 0 aromatic heterocycles. The van der Waals surface area contributed by atoms with Crippen molar-refractivity contribution in [2.75, 3.05) is 21.3 Å². The highest BCUT2D eigenvalue weighted by Gasteiger charge is 2.50. The van der Waals surface area contributed by atoms with Crippen LogP contribution >= 0.6 is 0 Å².